The van der Waals surface area contributed by atoms with Crippen molar-refractivity contribution in [3.63, 3.8) is 0 Å². The molecule has 0 aliphatic heterocycles. The molecule has 3 nitrogen and oxygen atoms in total. The topological polar surface area (TPSA) is 38.7 Å². The Morgan fingerprint density at radius 3 is 2.00 bits per heavy atom. The molecule has 1 N–H and O–H groups in total. The summed E-state index contributed by atoms with van der Waals surface area (Å²) in [6.45, 7) is 0.191. The highest BCUT2D eigenvalue weighted by atomic mass is 32.5. The van der Waals surface area contributed by atoms with Crippen LogP contribution in [0.4, 0.5) is 8.78 Å². The third-order valence-corrected chi connectivity index (χ3v) is 6.50. The molecule has 114 valence electrons. The molecule has 1 aromatic rings. The highest BCUT2D eigenvalue weighted by molar-refractivity contribution is 8.10. The van der Waals surface area contributed by atoms with E-state index in [4.69, 9.17) is 20.9 Å². The highest BCUT2D eigenvalue weighted by Crippen LogP contribution is 2.67. The van der Waals surface area contributed by atoms with E-state index in [2.05, 4.69) is 0 Å². The van der Waals surface area contributed by atoms with Crippen molar-refractivity contribution in [3.05, 3.63) is 35.9 Å². The van der Waals surface area contributed by atoms with Gasteiger partial charge in [0.25, 0.3) is 6.49 Å². The molecule has 1 aromatic carbocycles. The zero-order valence-electron chi connectivity index (χ0n) is 11.7. The van der Waals surface area contributed by atoms with Crippen LogP contribution in [0.2, 0.25) is 0 Å². The van der Waals surface area contributed by atoms with Crippen LogP contribution in [0.5, 0.6) is 0 Å². The first kappa shape index (κ1) is 17.7. The fraction of sp³-hybridized carbons (Fsp3) is 0.538. The Hall–Kier alpha value is -0.390. The Kier molecular flexibility index (Phi) is 5.81. The van der Waals surface area contributed by atoms with Gasteiger partial charge in [-0.2, -0.15) is 8.78 Å². The number of rotatable bonds is 7. The minimum atomic E-state index is -3.96. The van der Waals surface area contributed by atoms with Gasteiger partial charge in [0.1, 0.15) is 0 Å². The molecule has 0 aliphatic rings. The van der Waals surface area contributed by atoms with Crippen LogP contribution in [-0.4, -0.2) is 24.0 Å². The standard InChI is InChI=1S/C13H19F2O3PS/c1-4-17-19(20,18-5-2)13(14,15)12(3,16)11-9-7-6-8-10-11/h6-10,16H,4-5H2,1-3H3. The molecule has 7 heteroatoms. The number of aliphatic hydroxyl groups is 1. The van der Waals surface area contributed by atoms with Gasteiger partial charge in [0.05, 0.1) is 13.2 Å². The minimum absolute atomic E-state index is 0.00224. The molecule has 0 radical (unpaired) electrons. The van der Waals surface area contributed by atoms with Gasteiger partial charge in [-0.25, -0.2) is 0 Å². The van der Waals surface area contributed by atoms with Gasteiger partial charge in [0.2, 0.25) is 0 Å². The van der Waals surface area contributed by atoms with E-state index in [0.717, 1.165) is 6.92 Å². The second-order valence-electron chi connectivity index (χ2n) is 4.31. The molecule has 0 aromatic heterocycles. The van der Waals surface area contributed by atoms with Crippen molar-refractivity contribution in [2.24, 2.45) is 0 Å². The molecular formula is C13H19F2O3PS. The third-order valence-electron chi connectivity index (χ3n) is 2.86. The molecule has 1 unspecified atom stereocenters. The first-order chi connectivity index (χ1) is 9.23. The second kappa shape index (κ2) is 6.58. The smallest absolute Gasteiger partial charge is 0.352 e. The van der Waals surface area contributed by atoms with Crippen LogP contribution < -0.4 is 0 Å². The van der Waals surface area contributed by atoms with E-state index in [0.29, 0.717) is 0 Å². The predicted octanol–water partition coefficient (Wildman–Crippen LogP) is 3.87. The van der Waals surface area contributed by atoms with Gasteiger partial charge >= 0.3 is 5.66 Å². The SMILES string of the molecule is CCOP(=S)(OCC)C(F)(F)C(C)(O)c1ccccc1. The van der Waals surface area contributed by atoms with Gasteiger partial charge in [-0.05, 0) is 38.1 Å². The van der Waals surface area contributed by atoms with Gasteiger partial charge in [-0.3, -0.25) is 0 Å². The van der Waals surface area contributed by atoms with Crippen LogP contribution in [0.15, 0.2) is 30.3 Å². The lowest BCUT2D eigenvalue weighted by molar-refractivity contribution is -0.131. The number of benzene rings is 1. The van der Waals surface area contributed by atoms with Gasteiger partial charge in [-0.15, -0.1) is 0 Å². The molecule has 20 heavy (non-hydrogen) atoms. The maximum atomic E-state index is 14.8. The van der Waals surface area contributed by atoms with E-state index in [1.807, 2.05) is 0 Å². The summed E-state index contributed by atoms with van der Waals surface area (Å²) in [5.41, 5.74) is -6.10. The van der Waals surface area contributed by atoms with Crippen molar-refractivity contribution < 1.29 is 22.9 Å². The molecule has 0 heterocycles. The van der Waals surface area contributed by atoms with Gasteiger partial charge in [0, 0.05) is 0 Å². The van der Waals surface area contributed by atoms with Crippen molar-refractivity contribution in [2.45, 2.75) is 32.0 Å². The van der Waals surface area contributed by atoms with E-state index >= 15 is 0 Å². The average molecular weight is 324 g/mol. The Morgan fingerprint density at radius 2 is 1.60 bits per heavy atom. The van der Waals surface area contributed by atoms with Crippen LogP contribution in [0.3, 0.4) is 0 Å². The summed E-state index contributed by atoms with van der Waals surface area (Å²) >= 11 is 4.94. The number of alkyl halides is 2. The fourth-order valence-electron chi connectivity index (χ4n) is 1.74. The molecule has 0 spiro atoms. The van der Waals surface area contributed by atoms with Crippen LogP contribution in [-0.2, 0) is 26.5 Å². The summed E-state index contributed by atoms with van der Waals surface area (Å²) in [6, 6.07) is 7.67. The van der Waals surface area contributed by atoms with Gasteiger partial charge in [-0.1, -0.05) is 30.3 Å². The van der Waals surface area contributed by atoms with E-state index in [-0.39, 0.29) is 18.8 Å². The Bertz CT molecular complexity index is 470. The van der Waals surface area contributed by atoms with Crippen molar-refractivity contribution >= 4 is 18.3 Å². The third kappa shape index (κ3) is 3.10. The van der Waals surface area contributed by atoms with Crippen LogP contribution in [0.1, 0.15) is 26.3 Å². The first-order valence-electron chi connectivity index (χ1n) is 6.28. The molecule has 0 saturated heterocycles. The van der Waals surface area contributed by atoms with E-state index < -0.39 is 17.8 Å². The first-order valence-corrected chi connectivity index (χ1v) is 8.91. The molecule has 1 rings (SSSR count). The average Bonchev–Trinajstić information content (AvgIpc) is 2.40. The summed E-state index contributed by atoms with van der Waals surface area (Å²) in [5.74, 6) is 0. The zero-order valence-corrected chi connectivity index (χ0v) is 13.4. The van der Waals surface area contributed by atoms with Crippen LogP contribution >= 0.6 is 6.49 Å². The molecular weight excluding hydrogens is 305 g/mol. The monoisotopic (exact) mass is 324 g/mol. The summed E-state index contributed by atoms with van der Waals surface area (Å²) < 4.78 is 39.6. The lowest BCUT2D eigenvalue weighted by Gasteiger charge is -2.39. The number of hydrogen-bond donors (Lipinski definition) is 1. The number of hydrogen-bond acceptors (Lipinski definition) is 4. The lowest BCUT2D eigenvalue weighted by atomic mass is 9.96. The maximum Gasteiger partial charge on any atom is 0.352 e. The second-order valence-corrected chi connectivity index (χ2v) is 7.83. The van der Waals surface area contributed by atoms with Gasteiger partial charge in [0.15, 0.2) is 5.60 Å². The van der Waals surface area contributed by atoms with Gasteiger partial charge < -0.3 is 14.2 Å². The Labute approximate surface area is 123 Å². The van der Waals surface area contributed by atoms with E-state index in [1.54, 1.807) is 32.0 Å². The van der Waals surface area contributed by atoms with Crippen molar-refractivity contribution in [1.82, 2.24) is 0 Å². The summed E-state index contributed by atoms with van der Waals surface area (Å²) in [4.78, 5) is 0. The largest absolute Gasteiger partial charge is 0.378 e. The molecule has 0 saturated carbocycles. The molecule has 0 amide bonds. The van der Waals surface area contributed by atoms with Crippen LogP contribution in [0.25, 0.3) is 0 Å². The fourth-order valence-corrected chi connectivity index (χ4v) is 4.65. The summed E-state index contributed by atoms with van der Waals surface area (Å²) in [7, 11) is 0. The summed E-state index contributed by atoms with van der Waals surface area (Å²) in [6.07, 6.45) is 0. The predicted molar refractivity (Wildman–Crippen MR) is 78.5 cm³/mol. The highest BCUT2D eigenvalue weighted by Gasteiger charge is 2.62. The molecule has 0 fully saturated rings. The molecule has 0 aliphatic carbocycles. The molecule has 0 bridgehead atoms. The van der Waals surface area contributed by atoms with E-state index in [9.17, 15) is 13.9 Å². The normalized spacial score (nSPS) is 15.9. The van der Waals surface area contributed by atoms with Crippen molar-refractivity contribution in [2.75, 3.05) is 13.2 Å². The van der Waals surface area contributed by atoms with Crippen molar-refractivity contribution in [3.8, 4) is 0 Å². The Morgan fingerprint density at radius 1 is 1.15 bits per heavy atom. The minimum Gasteiger partial charge on any atom is -0.378 e. The van der Waals surface area contributed by atoms with Crippen LogP contribution in [0, 0.1) is 0 Å². The summed E-state index contributed by atoms with van der Waals surface area (Å²) in [5, 5.41) is 10.4. The van der Waals surface area contributed by atoms with Crippen molar-refractivity contribution in [1.29, 1.82) is 0 Å². The number of halogens is 2. The maximum absolute atomic E-state index is 14.8. The van der Waals surface area contributed by atoms with E-state index in [1.165, 1.54) is 12.1 Å². The Balaban J connectivity index is 3.28. The molecule has 1 atom stereocenters. The zero-order chi connectivity index (χ0) is 15.4. The lowest BCUT2D eigenvalue weighted by Crippen LogP contribution is -2.43. The quantitative estimate of drug-likeness (QED) is 0.773.